The van der Waals surface area contributed by atoms with E-state index in [2.05, 4.69) is 29.1 Å². The maximum Gasteiger partial charge on any atom is 0.0724 e. The van der Waals surface area contributed by atoms with Gasteiger partial charge in [-0.25, -0.2) is 0 Å². The van der Waals surface area contributed by atoms with Crippen LogP contribution < -0.4 is 5.32 Å². The summed E-state index contributed by atoms with van der Waals surface area (Å²) in [5, 5.41) is 3.61. The number of nitrogens with one attached hydrogen (secondary N) is 1. The molecule has 1 saturated carbocycles. The lowest BCUT2D eigenvalue weighted by Gasteiger charge is -2.27. The smallest absolute Gasteiger partial charge is 0.0724 e. The van der Waals surface area contributed by atoms with Crippen LogP contribution >= 0.6 is 0 Å². The van der Waals surface area contributed by atoms with Gasteiger partial charge in [-0.3, -0.25) is 9.97 Å². The first-order valence-corrected chi connectivity index (χ1v) is 6.09. The van der Waals surface area contributed by atoms with E-state index < -0.39 is 0 Å². The molecule has 0 amide bonds. The lowest BCUT2D eigenvalue weighted by molar-refractivity contribution is 0.281. The molecular formula is C13H21N3. The van der Waals surface area contributed by atoms with Crippen LogP contribution in [0.15, 0.2) is 12.4 Å². The average molecular weight is 219 g/mol. The molecule has 1 atom stereocenters. The SMILES string of the molecule is Cc1cnc(CNC2CCCC2(C)C)cn1. The molecule has 1 aromatic rings. The van der Waals surface area contributed by atoms with Gasteiger partial charge in [0.2, 0.25) is 0 Å². The predicted octanol–water partition coefficient (Wildman–Crippen LogP) is 2.45. The van der Waals surface area contributed by atoms with Crippen molar-refractivity contribution in [3.8, 4) is 0 Å². The van der Waals surface area contributed by atoms with Gasteiger partial charge >= 0.3 is 0 Å². The van der Waals surface area contributed by atoms with Gasteiger partial charge in [0.05, 0.1) is 11.4 Å². The van der Waals surface area contributed by atoms with Crippen molar-refractivity contribution < 1.29 is 0 Å². The molecule has 88 valence electrons. The lowest BCUT2D eigenvalue weighted by Crippen LogP contribution is -2.37. The molecule has 3 nitrogen and oxygen atoms in total. The molecule has 1 aliphatic rings. The van der Waals surface area contributed by atoms with Crippen molar-refractivity contribution in [2.75, 3.05) is 0 Å². The lowest BCUT2D eigenvalue weighted by atomic mass is 9.87. The zero-order valence-electron chi connectivity index (χ0n) is 10.5. The van der Waals surface area contributed by atoms with Crippen LogP contribution in [0, 0.1) is 12.3 Å². The predicted molar refractivity (Wildman–Crippen MR) is 65.0 cm³/mol. The highest BCUT2D eigenvalue weighted by molar-refractivity contribution is 5.01. The zero-order valence-corrected chi connectivity index (χ0v) is 10.5. The largest absolute Gasteiger partial charge is 0.308 e. The van der Waals surface area contributed by atoms with Crippen molar-refractivity contribution in [2.24, 2.45) is 5.41 Å². The fraction of sp³-hybridized carbons (Fsp3) is 0.692. The van der Waals surface area contributed by atoms with Gasteiger partial charge < -0.3 is 5.32 Å². The second-order valence-electron chi connectivity index (χ2n) is 5.46. The summed E-state index contributed by atoms with van der Waals surface area (Å²) in [5.74, 6) is 0. The normalized spacial score (nSPS) is 23.6. The van der Waals surface area contributed by atoms with Crippen molar-refractivity contribution in [1.29, 1.82) is 0 Å². The zero-order chi connectivity index (χ0) is 11.6. The van der Waals surface area contributed by atoms with Crippen LogP contribution in [-0.4, -0.2) is 16.0 Å². The van der Waals surface area contributed by atoms with Crippen LogP contribution in [0.2, 0.25) is 0 Å². The Kier molecular flexibility index (Phi) is 3.24. The average Bonchev–Trinajstić information content (AvgIpc) is 2.57. The summed E-state index contributed by atoms with van der Waals surface area (Å²) in [4.78, 5) is 8.62. The van der Waals surface area contributed by atoms with Crippen molar-refractivity contribution in [3.05, 3.63) is 23.8 Å². The Hall–Kier alpha value is -0.960. The van der Waals surface area contributed by atoms with Gasteiger partial charge in [0, 0.05) is 25.0 Å². The van der Waals surface area contributed by atoms with Gasteiger partial charge in [-0.15, -0.1) is 0 Å². The monoisotopic (exact) mass is 219 g/mol. The second kappa shape index (κ2) is 4.50. The van der Waals surface area contributed by atoms with E-state index in [1.807, 2.05) is 19.3 Å². The number of hydrogen-bond acceptors (Lipinski definition) is 3. The van der Waals surface area contributed by atoms with E-state index in [0.29, 0.717) is 11.5 Å². The van der Waals surface area contributed by atoms with Crippen LogP contribution in [0.25, 0.3) is 0 Å². The van der Waals surface area contributed by atoms with Gasteiger partial charge in [0.25, 0.3) is 0 Å². The maximum absolute atomic E-state index is 4.36. The van der Waals surface area contributed by atoms with Crippen molar-refractivity contribution in [3.63, 3.8) is 0 Å². The van der Waals surface area contributed by atoms with Gasteiger partial charge in [-0.1, -0.05) is 20.3 Å². The van der Waals surface area contributed by atoms with Crippen LogP contribution in [0.5, 0.6) is 0 Å². The highest BCUT2D eigenvalue weighted by atomic mass is 15.0. The minimum absolute atomic E-state index is 0.429. The van der Waals surface area contributed by atoms with Crippen LogP contribution in [0.1, 0.15) is 44.5 Å². The quantitative estimate of drug-likeness (QED) is 0.848. The van der Waals surface area contributed by atoms with E-state index in [0.717, 1.165) is 17.9 Å². The Morgan fingerprint density at radius 3 is 2.75 bits per heavy atom. The Morgan fingerprint density at radius 1 is 1.38 bits per heavy atom. The molecule has 0 spiro atoms. The number of aromatic nitrogens is 2. The van der Waals surface area contributed by atoms with E-state index in [4.69, 9.17) is 0 Å². The molecule has 1 aromatic heterocycles. The van der Waals surface area contributed by atoms with E-state index in [-0.39, 0.29) is 0 Å². The standard InChI is InChI=1S/C13H21N3/c1-10-7-15-11(8-14-10)9-16-12-5-4-6-13(12,2)3/h7-8,12,16H,4-6,9H2,1-3H3. The summed E-state index contributed by atoms with van der Waals surface area (Å²) in [6, 6.07) is 0.621. The molecule has 0 saturated heterocycles. The van der Waals surface area contributed by atoms with Crippen molar-refractivity contribution >= 4 is 0 Å². The minimum atomic E-state index is 0.429. The van der Waals surface area contributed by atoms with Crippen LogP contribution in [0.4, 0.5) is 0 Å². The molecular weight excluding hydrogens is 198 g/mol. The van der Waals surface area contributed by atoms with Gasteiger partial charge in [0.1, 0.15) is 0 Å². The molecule has 1 N–H and O–H groups in total. The molecule has 1 heterocycles. The summed E-state index contributed by atoms with van der Waals surface area (Å²) < 4.78 is 0. The number of rotatable bonds is 3. The number of hydrogen-bond donors (Lipinski definition) is 1. The first-order chi connectivity index (χ1) is 7.58. The third-order valence-electron chi connectivity index (χ3n) is 3.62. The fourth-order valence-corrected chi connectivity index (χ4v) is 2.44. The molecule has 2 rings (SSSR count). The van der Waals surface area contributed by atoms with E-state index in [1.54, 1.807) is 0 Å². The first kappa shape index (κ1) is 11.5. The number of aryl methyl sites for hydroxylation is 1. The van der Waals surface area contributed by atoms with Crippen LogP contribution in [0.3, 0.4) is 0 Å². The highest BCUT2D eigenvalue weighted by Gasteiger charge is 2.33. The van der Waals surface area contributed by atoms with Gasteiger partial charge in [-0.2, -0.15) is 0 Å². The first-order valence-electron chi connectivity index (χ1n) is 6.09. The third-order valence-corrected chi connectivity index (χ3v) is 3.62. The molecule has 0 aromatic carbocycles. The minimum Gasteiger partial charge on any atom is -0.308 e. The van der Waals surface area contributed by atoms with Crippen molar-refractivity contribution in [2.45, 2.75) is 52.6 Å². The summed E-state index contributed by atoms with van der Waals surface area (Å²) in [6.07, 6.45) is 7.64. The summed E-state index contributed by atoms with van der Waals surface area (Å²) in [5.41, 5.74) is 2.44. The van der Waals surface area contributed by atoms with E-state index in [9.17, 15) is 0 Å². The van der Waals surface area contributed by atoms with Gasteiger partial charge in [0.15, 0.2) is 0 Å². The van der Waals surface area contributed by atoms with E-state index in [1.165, 1.54) is 19.3 Å². The summed E-state index contributed by atoms with van der Waals surface area (Å²) >= 11 is 0. The second-order valence-corrected chi connectivity index (χ2v) is 5.46. The Balaban J connectivity index is 1.90. The molecule has 1 aliphatic carbocycles. The van der Waals surface area contributed by atoms with Crippen LogP contribution in [-0.2, 0) is 6.54 Å². The van der Waals surface area contributed by atoms with E-state index >= 15 is 0 Å². The van der Waals surface area contributed by atoms with Gasteiger partial charge in [-0.05, 0) is 25.2 Å². The molecule has 1 unspecified atom stereocenters. The highest BCUT2D eigenvalue weighted by Crippen LogP contribution is 2.37. The topological polar surface area (TPSA) is 37.8 Å². The Bertz CT molecular complexity index is 343. The molecule has 0 radical (unpaired) electrons. The third kappa shape index (κ3) is 2.59. The number of nitrogens with zero attached hydrogens (tertiary/aromatic N) is 2. The summed E-state index contributed by atoms with van der Waals surface area (Å²) in [6.45, 7) is 7.49. The molecule has 16 heavy (non-hydrogen) atoms. The van der Waals surface area contributed by atoms with Crippen molar-refractivity contribution in [1.82, 2.24) is 15.3 Å². The fourth-order valence-electron chi connectivity index (χ4n) is 2.44. The maximum atomic E-state index is 4.36. The molecule has 1 fully saturated rings. The molecule has 0 aliphatic heterocycles. The molecule has 0 bridgehead atoms. The summed E-state index contributed by atoms with van der Waals surface area (Å²) in [7, 11) is 0. The Morgan fingerprint density at radius 2 is 2.19 bits per heavy atom. The molecule has 3 heteroatoms. The Labute approximate surface area is 97.7 Å².